The van der Waals surface area contributed by atoms with E-state index in [-0.39, 0.29) is 0 Å². The Morgan fingerprint density at radius 2 is 1.71 bits per heavy atom. The van der Waals surface area contributed by atoms with E-state index in [0.717, 1.165) is 25.7 Å². The molecule has 0 saturated heterocycles. The third-order valence-electron chi connectivity index (χ3n) is 1.70. The van der Waals surface area contributed by atoms with Gasteiger partial charge in [-0.1, -0.05) is 26.7 Å². The second kappa shape index (κ2) is 8.42. The van der Waals surface area contributed by atoms with Crippen molar-refractivity contribution in [2.75, 3.05) is 19.6 Å². The van der Waals surface area contributed by atoms with Gasteiger partial charge in [-0.2, -0.15) is 0 Å². The van der Waals surface area contributed by atoms with Crippen LogP contribution in [0.5, 0.6) is 0 Å². The maximum absolute atomic E-state index is 11.6. The van der Waals surface area contributed by atoms with Gasteiger partial charge in [-0.05, 0) is 12.8 Å². The maximum Gasteiger partial charge on any atom is 0.355 e. The van der Waals surface area contributed by atoms with Crippen LogP contribution < -0.4 is 0 Å². The van der Waals surface area contributed by atoms with Gasteiger partial charge in [0.05, 0.1) is 13.2 Å². The molecule has 4 nitrogen and oxygen atoms in total. The van der Waals surface area contributed by atoms with Crippen LogP contribution >= 0.6 is 7.60 Å². The number of unbranched alkanes of at least 4 members (excludes halogenated alkanes) is 2. The van der Waals surface area contributed by atoms with Crippen molar-refractivity contribution in [2.24, 2.45) is 0 Å². The highest BCUT2D eigenvalue weighted by molar-refractivity contribution is 7.53. The largest absolute Gasteiger partial charge is 0.384 e. The molecule has 0 aromatic carbocycles. The van der Waals surface area contributed by atoms with Crippen molar-refractivity contribution in [2.45, 2.75) is 39.5 Å². The SMILES string of the molecule is CCCCCOP(=O)(CO)OCCC. The normalized spacial score (nSPS) is 15.4. The van der Waals surface area contributed by atoms with Gasteiger partial charge in [0.2, 0.25) is 0 Å². The predicted octanol–water partition coefficient (Wildman–Crippen LogP) is 2.76. The number of hydrogen-bond donors (Lipinski definition) is 1. The van der Waals surface area contributed by atoms with E-state index in [1.54, 1.807) is 0 Å². The maximum atomic E-state index is 11.6. The molecule has 1 atom stereocenters. The number of hydrogen-bond acceptors (Lipinski definition) is 4. The van der Waals surface area contributed by atoms with Crippen LogP contribution in [0, 0.1) is 0 Å². The number of aliphatic hydroxyl groups excluding tert-OH is 1. The van der Waals surface area contributed by atoms with Crippen LogP contribution in [0.1, 0.15) is 39.5 Å². The first kappa shape index (κ1) is 14.1. The summed E-state index contributed by atoms with van der Waals surface area (Å²) in [4.78, 5) is 0. The molecule has 1 N–H and O–H groups in total. The van der Waals surface area contributed by atoms with E-state index in [1.807, 2.05) is 6.92 Å². The molecule has 0 aromatic rings. The van der Waals surface area contributed by atoms with E-state index in [1.165, 1.54) is 0 Å². The zero-order chi connectivity index (χ0) is 10.9. The summed E-state index contributed by atoms with van der Waals surface area (Å²) >= 11 is 0. The molecule has 5 heteroatoms. The van der Waals surface area contributed by atoms with Gasteiger partial charge >= 0.3 is 7.60 Å². The van der Waals surface area contributed by atoms with Crippen LogP contribution in [-0.2, 0) is 13.6 Å². The van der Waals surface area contributed by atoms with Crippen molar-refractivity contribution >= 4 is 7.60 Å². The van der Waals surface area contributed by atoms with Crippen molar-refractivity contribution in [3.8, 4) is 0 Å². The van der Waals surface area contributed by atoms with Crippen LogP contribution in [0.4, 0.5) is 0 Å². The van der Waals surface area contributed by atoms with E-state index >= 15 is 0 Å². The summed E-state index contributed by atoms with van der Waals surface area (Å²) < 4.78 is 21.7. The van der Waals surface area contributed by atoms with Gasteiger partial charge in [0, 0.05) is 0 Å². The molecule has 0 spiro atoms. The summed E-state index contributed by atoms with van der Waals surface area (Å²) in [5, 5.41) is 8.86. The van der Waals surface area contributed by atoms with E-state index in [4.69, 9.17) is 14.2 Å². The fourth-order valence-corrected chi connectivity index (χ4v) is 2.01. The van der Waals surface area contributed by atoms with Gasteiger partial charge in [-0.15, -0.1) is 0 Å². The minimum Gasteiger partial charge on any atom is -0.384 e. The van der Waals surface area contributed by atoms with Crippen LogP contribution in [-0.4, -0.2) is 24.7 Å². The van der Waals surface area contributed by atoms with Crippen LogP contribution in [0.25, 0.3) is 0 Å². The van der Waals surface area contributed by atoms with Gasteiger partial charge in [0.1, 0.15) is 6.35 Å². The highest BCUT2D eigenvalue weighted by Gasteiger charge is 2.22. The molecular formula is C9H21O4P. The first-order valence-corrected chi connectivity index (χ1v) is 6.90. The predicted molar refractivity (Wildman–Crippen MR) is 56.4 cm³/mol. The molecule has 0 amide bonds. The highest BCUT2D eigenvalue weighted by atomic mass is 31.2. The topological polar surface area (TPSA) is 55.8 Å². The average molecular weight is 224 g/mol. The molecule has 0 aliphatic rings. The van der Waals surface area contributed by atoms with Crippen LogP contribution in [0.2, 0.25) is 0 Å². The van der Waals surface area contributed by atoms with E-state index in [2.05, 4.69) is 6.92 Å². The Labute approximate surface area is 86.1 Å². The number of aliphatic hydroxyl groups is 1. The Morgan fingerprint density at radius 3 is 2.21 bits per heavy atom. The Hall–Kier alpha value is 0.110. The second-order valence-corrected chi connectivity index (χ2v) is 5.15. The highest BCUT2D eigenvalue weighted by Crippen LogP contribution is 2.47. The molecule has 0 aliphatic carbocycles. The minimum atomic E-state index is -3.20. The zero-order valence-electron chi connectivity index (χ0n) is 9.07. The molecule has 0 aliphatic heterocycles. The lowest BCUT2D eigenvalue weighted by Crippen LogP contribution is -2.02. The molecule has 0 bridgehead atoms. The summed E-state index contributed by atoms with van der Waals surface area (Å²) in [6.07, 6.45) is 3.22. The summed E-state index contributed by atoms with van der Waals surface area (Å²) in [5.74, 6) is 0. The summed E-state index contributed by atoms with van der Waals surface area (Å²) in [6, 6.07) is 0. The van der Waals surface area contributed by atoms with Crippen molar-refractivity contribution in [1.82, 2.24) is 0 Å². The molecule has 0 aromatic heterocycles. The third-order valence-corrected chi connectivity index (χ3v) is 3.20. The lowest BCUT2D eigenvalue weighted by molar-refractivity contribution is 0.177. The van der Waals surface area contributed by atoms with Crippen LogP contribution in [0.15, 0.2) is 0 Å². The summed E-state index contributed by atoms with van der Waals surface area (Å²) in [7, 11) is -3.20. The second-order valence-electron chi connectivity index (χ2n) is 3.13. The smallest absolute Gasteiger partial charge is 0.355 e. The molecular weight excluding hydrogens is 203 g/mol. The van der Waals surface area contributed by atoms with E-state index in [0.29, 0.717) is 13.2 Å². The summed E-state index contributed by atoms with van der Waals surface area (Å²) in [6.45, 7) is 4.76. The van der Waals surface area contributed by atoms with Crippen molar-refractivity contribution < 1.29 is 18.7 Å². The fourth-order valence-electron chi connectivity index (χ4n) is 0.905. The Bertz CT molecular complexity index is 172. The molecule has 0 radical (unpaired) electrons. The van der Waals surface area contributed by atoms with E-state index < -0.39 is 13.9 Å². The monoisotopic (exact) mass is 224 g/mol. The fraction of sp³-hybridized carbons (Fsp3) is 1.00. The van der Waals surface area contributed by atoms with Gasteiger partial charge < -0.3 is 14.2 Å². The van der Waals surface area contributed by atoms with Gasteiger partial charge in [-0.3, -0.25) is 4.57 Å². The molecule has 14 heavy (non-hydrogen) atoms. The van der Waals surface area contributed by atoms with Gasteiger partial charge in [-0.25, -0.2) is 0 Å². The Morgan fingerprint density at radius 1 is 1.07 bits per heavy atom. The molecule has 86 valence electrons. The van der Waals surface area contributed by atoms with Crippen molar-refractivity contribution in [3.63, 3.8) is 0 Å². The molecule has 0 heterocycles. The molecule has 1 unspecified atom stereocenters. The molecule has 0 rings (SSSR count). The van der Waals surface area contributed by atoms with Gasteiger partial charge in [0.25, 0.3) is 0 Å². The lowest BCUT2D eigenvalue weighted by Gasteiger charge is -2.15. The summed E-state index contributed by atoms with van der Waals surface area (Å²) in [5.41, 5.74) is 0. The third kappa shape index (κ3) is 6.55. The van der Waals surface area contributed by atoms with Crippen molar-refractivity contribution in [3.05, 3.63) is 0 Å². The molecule has 0 saturated carbocycles. The first-order valence-electron chi connectivity index (χ1n) is 5.17. The standard InChI is InChI=1S/C9H21O4P/c1-3-5-6-8-13-14(11,9-10)12-7-4-2/h10H,3-9H2,1-2H3. The number of rotatable bonds is 9. The van der Waals surface area contributed by atoms with Crippen molar-refractivity contribution in [1.29, 1.82) is 0 Å². The minimum absolute atomic E-state index is 0.367. The lowest BCUT2D eigenvalue weighted by atomic mass is 10.3. The average Bonchev–Trinajstić information content (AvgIpc) is 2.22. The van der Waals surface area contributed by atoms with Crippen LogP contribution in [0.3, 0.4) is 0 Å². The quantitative estimate of drug-likeness (QED) is 0.483. The zero-order valence-corrected chi connectivity index (χ0v) is 9.96. The van der Waals surface area contributed by atoms with Gasteiger partial charge in [0.15, 0.2) is 0 Å². The Balaban J connectivity index is 3.69. The van der Waals surface area contributed by atoms with E-state index in [9.17, 15) is 4.57 Å². The Kier molecular flexibility index (Phi) is 8.49. The first-order chi connectivity index (χ1) is 6.68. The molecule has 0 fully saturated rings.